The fourth-order valence-corrected chi connectivity index (χ4v) is 1.35. The number of halogens is 3. The number of hydrogen-bond donors (Lipinski definition) is 2. The van der Waals surface area contributed by atoms with Crippen LogP contribution in [0.1, 0.15) is 35.6 Å². The van der Waals surface area contributed by atoms with Gasteiger partial charge in [0.2, 0.25) is 0 Å². The summed E-state index contributed by atoms with van der Waals surface area (Å²) >= 11 is 0. The molecular weight excluding hydrogens is 249 g/mol. The number of nitrogens with two attached hydrogens (primary N) is 1. The van der Waals surface area contributed by atoms with E-state index in [1.54, 1.807) is 6.07 Å². The van der Waals surface area contributed by atoms with E-state index in [4.69, 9.17) is 10.2 Å². The van der Waals surface area contributed by atoms with Crippen LogP contribution in [0.15, 0.2) is 16.5 Å². The number of hydrogen-bond acceptors (Lipinski definition) is 3. The normalized spacial score (nSPS) is 11.6. The Balaban J connectivity index is 2.21. The van der Waals surface area contributed by atoms with Crippen molar-refractivity contribution in [3.05, 3.63) is 23.7 Å². The first kappa shape index (κ1) is 14.6. The minimum Gasteiger partial charge on any atom is -0.455 e. The van der Waals surface area contributed by atoms with Gasteiger partial charge in [0, 0.05) is 13.0 Å². The predicted octanol–water partition coefficient (Wildman–Crippen LogP) is 2.20. The SMILES string of the molecule is NCc1ccc(C(=O)NCCCCC(F)(F)F)o1. The average Bonchev–Trinajstić information content (AvgIpc) is 2.75. The molecule has 0 aliphatic heterocycles. The topological polar surface area (TPSA) is 68.3 Å². The van der Waals surface area contributed by atoms with E-state index >= 15 is 0 Å². The van der Waals surface area contributed by atoms with Gasteiger partial charge in [-0.3, -0.25) is 4.79 Å². The lowest BCUT2D eigenvalue weighted by atomic mass is 10.2. The minimum absolute atomic E-state index is 0.00398. The van der Waals surface area contributed by atoms with Crippen LogP contribution >= 0.6 is 0 Å². The summed E-state index contributed by atoms with van der Waals surface area (Å²) in [5.74, 6) is 0.158. The van der Waals surface area contributed by atoms with Crippen LogP contribution in [0.4, 0.5) is 13.2 Å². The number of amides is 1. The van der Waals surface area contributed by atoms with Crippen molar-refractivity contribution in [2.75, 3.05) is 6.54 Å². The first-order valence-electron chi connectivity index (χ1n) is 5.56. The number of unbranched alkanes of at least 4 members (excludes halogenated alkanes) is 1. The zero-order chi connectivity index (χ0) is 13.6. The van der Waals surface area contributed by atoms with Crippen molar-refractivity contribution in [2.45, 2.75) is 32.0 Å². The van der Waals surface area contributed by atoms with E-state index in [2.05, 4.69) is 5.32 Å². The number of rotatable bonds is 6. The van der Waals surface area contributed by atoms with Gasteiger partial charge in [0.25, 0.3) is 5.91 Å². The molecule has 0 aromatic carbocycles. The third-order valence-electron chi connectivity index (χ3n) is 2.26. The standard InChI is InChI=1S/C11H15F3N2O2/c12-11(13,14)5-1-2-6-16-10(17)9-4-3-8(7-15)18-9/h3-4H,1-2,5-7,15H2,(H,16,17). The van der Waals surface area contributed by atoms with E-state index in [1.807, 2.05) is 0 Å². The fraction of sp³-hybridized carbons (Fsp3) is 0.545. The second-order valence-electron chi connectivity index (χ2n) is 3.80. The molecule has 1 amide bonds. The van der Waals surface area contributed by atoms with Gasteiger partial charge < -0.3 is 15.5 Å². The average molecular weight is 264 g/mol. The maximum atomic E-state index is 11.8. The molecule has 0 aliphatic rings. The van der Waals surface area contributed by atoms with Gasteiger partial charge in [0.15, 0.2) is 5.76 Å². The molecule has 0 unspecified atom stereocenters. The van der Waals surface area contributed by atoms with Crippen LogP contribution in [0.3, 0.4) is 0 Å². The monoisotopic (exact) mass is 264 g/mol. The summed E-state index contributed by atoms with van der Waals surface area (Å²) < 4.78 is 40.6. The van der Waals surface area contributed by atoms with Gasteiger partial charge in [-0.2, -0.15) is 13.2 Å². The predicted molar refractivity (Wildman–Crippen MR) is 58.8 cm³/mol. The molecule has 1 heterocycles. The Bertz CT molecular complexity index is 388. The van der Waals surface area contributed by atoms with E-state index in [-0.39, 0.29) is 31.7 Å². The van der Waals surface area contributed by atoms with Gasteiger partial charge in [0.1, 0.15) is 5.76 Å². The maximum absolute atomic E-state index is 11.8. The third kappa shape index (κ3) is 5.22. The lowest BCUT2D eigenvalue weighted by Gasteiger charge is -2.06. The zero-order valence-corrected chi connectivity index (χ0v) is 9.72. The molecule has 1 aromatic heterocycles. The zero-order valence-electron chi connectivity index (χ0n) is 9.72. The number of alkyl halides is 3. The van der Waals surface area contributed by atoms with Crippen molar-refractivity contribution in [3.8, 4) is 0 Å². The molecule has 0 radical (unpaired) electrons. The number of carbonyl (C=O) groups is 1. The van der Waals surface area contributed by atoms with Crippen LogP contribution in [0.2, 0.25) is 0 Å². The van der Waals surface area contributed by atoms with E-state index < -0.39 is 18.5 Å². The van der Waals surface area contributed by atoms with Crippen LogP contribution in [0.5, 0.6) is 0 Å². The van der Waals surface area contributed by atoms with E-state index in [0.29, 0.717) is 5.76 Å². The molecule has 102 valence electrons. The molecule has 0 spiro atoms. The Kier molecular flexibility index (Phi) is 5.21. The molecule has 4 nitrogen and oxygen atoms in total. The quantitative estimate of drug-likeness (QED) is 0.774. The van der Waals surface area contributed by atoms with E-state index in [0.717, 1.165) is 0 Å². The van der Waals surface area contributed by atoms with Gasteiger partial charge in [0.05, 0.1) is 6.54 Å². The molecule has 0 atom stereocenters. The van der Waals surface area contributed by atoms with Crippen molar-refractivity contribution in [1.82, 2.24) is 5.32 Å². The van der Waals surface area contributed by atoms with Crippen LogP contribution in [0.25, 0.3) is 0 Å². The van der Waals surface area contributed by atoms with Crippen molar-refractivity contribution in [2.24, 2.45) is 5.73 Å². The highest BCUT2D eigenvalue weighted by Crippen LogP contribution is 2.21. The van der Waals surface area contributed by atoms with Crippen LogP contribution in [-0.4, -0.2) is 18.6 Å². The van der Waals surface area contributed by atoms with Crippen LogP contribution in [-0.2, 0) is 6.54 Å². The molecule has 18 heavy (non-hydrogen) atoms. The highest BCUT2D eigenvalue weighted by Gasteiger charge is 2.25. The molecule has 3 N–H and O–H groups in total. The van der Waals surface area contributed by atoms with Gasteiger partial charge in [-0.25, -0.2) is 0 Å². The Morgan fingerprint density at radius 3 is 2.61 bits per heavy atom. The second kappa shape index (κ2) is 6.44. The van der Waals surface area contributed by atoms with Crippen molar-refractivity contribution < 1.29 is 22.4 Å². The van der Waals surface area contributed by atoms with Crippen molar-refractivity contribution >= 4 is 5.91 Å². The Labute approximate surface area is 102 Å². The number of nitrogens with one attached hydrogen (secondary N) is 1. The van der Waals surface area contributed by atoms with Gasteiger partial charge in [-0.05, 0) is 25.0 Å². The first-order valence-corrected chi connectivity index (χ1v) is 5.56. The van der Waals surface area contributed by atoms with E-state index in [9.17, 15) is 18.0 Å². The minimum atomic E-state index is -4.14. The molecule has 0 bridgehead atoms. The van der Waals surface area contributed by atoms with Gasteiger partial charge >= 0.3 is 6.18 Å². The lowest BCUT2D eigenvalue weighted by Crippen LogP contribution is -2.24. The van der Waals surface area contributed by atoms with Crippen LogP contribution < -0.4 is 11.1 Å². The lowest BCUT2D eigenvalue weighted by molar-refractivity contribution is -0.135. The summed E-state index contributed by atoms with van der Waals surface area (Å²) in [5, 5.41) is 2.48. The summed E-state index contributed by atoms with van der Waals surface area (Å²) in [6.07, 6.45) is -4.70. The highest BCUT2D eigenvalue weighted by molar-refractivity contribution is 5.91. The van der Waals surface area contributed by atoms with Gasteiger partial charge in [-0.15, -0.1) is 0 Å². The molecular formula is C11H15F3N2O2. The van der Waals surface area contributed by atoms with Crippen molar-refractivity contribution in [1.29, 1.82) is 0 Å². The second-order valence-corrected chi connectivity index (χ2v) is 3.80. The number of furan rings is 1. The summed E-state index contributed by atoms with van der Waals surface area (Å²) in [5.41, 5.74) is 5.31. The Morgan fingerprint density at radius 1 is 1.33 bits per heavy atom. The maximum Gasteiger partial charge on any atom is 0.389 e. The van der Waals surface area contributed by atoms with Gasteiger partial charge in [-0.1, -0.05) is 0 Å². The van der Waals surface area contributed by atoms with Crippen LogP contribution in [0, 0.1) is 0 Å². The number of carbonyl (C=O) groups excluding carboxylic acids is 1. The Hall–Kier alpha value is -1.50. The Morgan fingerprint density at radius 2 is 2.06 bits per heavy atom. The molecule has 0 saturated heterocycles. The largest absolute Gasteiger partial charge is 0.455 e. The highest BCUT2D eigenvalue weighted by atomic mass is 19.4. The molecule has 1 rings (SSSR count). The van der Waals surface area contributed by atoms with E-state index in [1.165, 1.54) is 6.07 Å². The fourth-order valence-electron chi connectivity index (χ4n) is 1.35. The molecule has 1 aromatic rings. The summed E-state index contributed by atoms with van der Waals surface area (Å²) in [6, 6.07) is 3.06. The molecule has 0 saturated carbocycles. The third-order valence-corrected chi connectivity index (χ3v) is 2.26. The molecule has 7 heteroatoms. The summed E-state index contributed by atoms with van der Waals surface area (Å²) in [4.78, 5) is 11.5. The summed E-state index contributed by atoms with van der Waals surface area (Å²) in [7, 11) is 0. The summed E-state index contributed by atoms with van der Waals surface area (Å²) in [6.45, 7) is 0.381. The first-order chi connectivity index (χ1) is 8.42. The molecule has 0 fully saturated rings. The smallest absolute Gasteiger partial charge is 0.389 e. The molecule has 0 aliphatic carbocycles. The van der Waals surface area contributed by atoms with Crippen molar-refractivity contribution in [3.63, 3.8) is 0 Å².